The second-order valence-electron chi connectivity index (χ2n) is 7.75. The average Bonchev–Trinajstić information content (AvgIpc) is 2.14. The first kappa shape index (κ1) is 14.5. The van der Waals surface area contributed by atoms with E-state index < -0.39 is 0 Å². The van der Waals surface area contributed by atoms with Crippen LogP contribution >= 0.6 is 0 Å². The molecule has 1 aliphatic rings. The van der Waals surface area contributed by atoms with Crippen LogP contribution in [-0.4, -0.2) is 23.9 Å². The van der Waals surface area contributed by atoms with Crippen molar-refractivity contribution in [1.29, 1.82) is 0 Å². The summed E-state index contributed by atoms with van der Waals surface area (Å²) in [5.41, 5.74) is 0.192. The van der Waals surface area contributed by atoms with E-state index in [0.717, 1.165) is 19.0 Å². The molecule has 1 fully saturated rings. The molecule has 0 spiro atoms. The van der Waals surface area contributed by atoms with Crippen LogP contribution < -0.4 is 0 Å². The maximum Gasteiger partial charge on any atom is 0.227 e. The van der Waals surface area contributed by atoms with Crippen LogP contribution in [0.4, 0.5) is 0 Å². The van der Waals surface area contributed by atoms with Crippen molar-refractivity contribution in [2.24, 2.45) is 16.7 Å². The molecular formula is C15H29NO. The minimum absolute atomic E-state index is 0.225. The molecule has 2 heteroatoms. The van der Waals surface area contributed by atoms with Gasteiger partial charge in [0.1, 0.15) is 0 Å². The molecule has 1 saturated heterocycles. The number of hydrogen-bond donors (Lipinski definition) is 0. The Balaban J connectivity index is 2.44. The van der Waals surface area contributed by atoms with Gasteiger partial charge in [-0.2, -0.15) is 0 Å². The Labute approximate surface area is 107 Å². The van der Waals surface area contributed by atoms with Crippen LogP contribution in [0, 0.1) is 16.7 Å². The molecule has 100 valence electrons. The number of hydrogen-bond acceptors (Lipinski definition) is 1. The van der Waals surface area contributed by atoms with Crippen molar-refractivity contribution in [3.05, 3.63) is 0 Å². The van der Waals surface area contributed by atoms with Crippen LogP contribution in [0.25, 0.3) is 0 Å². The lowest BCUT2D eigenvalue weighted by Crippen LogP contribution is -2.44. The van der Waals surface area contributed by atoms with E-state index in [0.29, 0.717) is 11.3 Å². The van der Waals surface area contributed by atoms with E-state index in [1.807, 2.05) is 20.8 Å². The first-order valence-corrected chi connectivity index (χ1v) is 6.89. The Kier molecular flexibility index (Phi) is 4.27. The molecule has 0 unspecified atom stereocenters. The summed E-state index contributed by atoms with van der Waals surface area (Å²) in [5, 5.41) is 0. The highest BCUT2D eigenvalue weighted by Gasteiger charge is 2.31. The summed E-state index contributed by atoms with van der Waals surface area (Å²) in [5.74, 6) is 1.12. The van der Waals surface area contributed by atoms with Crippen LogP contribution in [0.2, 0.25) is 0 Å². The SMILES string of the molecule is CC(C)(C)CC1CCN(C(=O)C(C)(C)C)CC1. The third-order valence-corrected chi connectivity index (χ3v) is 3.44. The van der Waals surface area contributed by atoms with Gasteiger partial charge in [-0.15, -0.1) is 0 Å². The maximum atomic E-state index is 12.1. The summed E-state index contributed by atoms with van der Waals surface area (Å²) in [6, 6.07) is 0. The zero-order valence-corrected chi connectivity index (χ0v) is 12.5. The topological polar surface area (TPSA) is 20.3 Å². The molecule has 2 nitrogen and oxygen atoms in total. The molecule has 0 N–H and O–H groups in total. The van der Waals surface area contributed by atoms with Crippen molar-refractivity contribution in [3.8, 4) is 0 Å². The fourth-order valence-corrected chi connectivity index (χ4v) is 2.68. The van der Waals surface area contributed by atoms with Gasteiger partial charge in [0.2, 0.25) is 5.91 Å². The summed E-state index contributed by atoms with van der Waals surface area (Å²) in [4.78, 5) is 14.2. The highest BCUT2D eigenvalue weighted by atomic mass is 16.2. The van der Waals surface area contributed by atoms with Crippen molar-refractivity contribution < 1.29 is 4.79 Å². The number of likely N-dealkylation sites (tertiary alicyclic amines) is 1. The maximum absolute atomic E-state index is 12.1. The monoisotopic (exact) mass is 239 g/mol. The molecule has 0 bridgehead atoms. The molecule has 0 saturated carbocycles. The lowest BCUT2D eigenvalue weighted by molar-refractivity contribution is -0.141. The van der Waals surface area contributed by atoms with Gasteiger partial charge in [0.05, 0.1) is 0 Å². The van der Waals surface area contributed by atoms with Crippen LogP contribution in [-0.2, 0) is 4.79 Å². The molecule has 0 atom stereocenters. The molecule has 0 aliphatic carbocycles. The minimum Gasteiger partial charge on any atom is -0.342 e. The van der Waals surface area contributed by atoms with Gasteiger partial charge in [0, 0.05) is 18.5 Å². The largest absolute Gasteiger partial charge is 0.342 e. The second kappa shape index (κ2) is 4.99. The first-order valence-electron chi connectivity index (χ1n) is 6.89. The predicted octanol–water partition coefficient (Wildman–Crippen LogP) is 3.71. The zero-order chi connectivity index (χ0) is 13.3. The van der Waals surface area contributed by atoms with Crippen molar-refractivity contribution in [2.45, 2.75) is 60.8 Å². The molecule has 1 amide bonds. The van der Waals surface area contributed by atoms with Gasteiger partial charge >= 0.3 is 0 Å². The van der Waals surface area contributed by atoms with Gasteiger partial charge in [-0.1, -0.05) is 41.5 Å². The van der Waals surface area contributed by atoms with Gasteiger partial charge in [-0.25, -0.2) is 0 Å². The Hall–Kier alpha value is -0.530. The van der Waals surface area contributed by atoms with E-state index in [-0.39, 0.29) is 5.41 Å². The Morgan fingerprint density at radius 3 is 1.88 bits per heavy atom. The van der Waals surface area contributed by atoms with E-state index >= 15 is 0 Å². The summed E-state index contributed by atoms with van der Waals surface area (Å²) in [6.45, 7) is 14.9. The van der Waals surface area contributed by atoms with Crippen LogP contribution in [0.5, 0.6) is 0 Å². The Morgan fingerprint density at radius 2 is 1.53 bits per heavy atom. The highest BCUT2D eigenvalue weighted by Crippen LogP contribution is 2.32. The quantitative estimate of drug-likeness (QED) is 0.683. The summed E-state index contributed by atoms with van der Waals surface area (Å²) in [7, 11) is 0. The third-order valence-electron chi connectivity index (χ3n) is 3.44. The number of carbonyl (C=O) groups is 1. The Morgan fingerprint density at radius 1 is 1.06 bits per heavy atom. The fourth-order valence-electron chi connectivity index (χ4n) is 2.68. The first-order chi connectivity index (χ1) is 7.59. The molecular weight excluding hydrogens is 210 g/mol. The zero-order valence-electron chi connectivity index (χ0n) is 12.5. The molecule has 1 rings (SSSR count). The molecule has 17 heavy (non-hydrogen) atoms. The van der Waals surface area contributed by atoms with Gasteiger partial charge in [0.15, 0.2) is 0 Å². The molecule has 1 aliphatic heterocycles. The van der Waals surface area contributed by atoms with E-state index in [4.69, 9.17) is 0 Å². The average molecular weight is 239 g/mol. The number of amides is 1. The summed E-state index contributed by atoms with van der Waals surface area (Å²) >= 11 is 0. The standard InChI is InChI=1S/C15H29NO/c1-14(2,3)11-12-7-9-16(10-8-12)13(17)15(4,5)6/h12H,7-11H2,1-6H3. The minimum atomic E-state index is -0.225. The molecule has 0 aromatic rings. The number of carbonyl (C=O) groups excluding carboxylic acids is 1. The molecule has 1 heterocycles. The normalized spacial score (nSPS) is 19.5. The summed E-state index contributed by atoms with van der Waals surface area (Å²) in [6.07, 6.45) is 3.64. The number of nitrogens with zero attached hydrogens (tertiary/aromatic N) is 1. The lowest BCUT2D eigenvalue weighted by atomic mass is 9.80. The smallest absolute Gasteiger partial charge is 0.227 e. The summed E-state index contributed by atoms with van der Waals surface area (Å²) < 4.78 is 0. The Bertz CT molecular complexity index is 262. The molecule has 0 aromatic carbocycles. The van der Waals surface area contributed by atoms with Crippen molar-refractivity contribution in [3.63, 3.8) is 0 Å². The number of piperidine rings is 1. The highest BCUT2D eigenvalue weighted by molar-refractivity contribution is 5.81. The van der Waals surface area contributed by atoms with Crippen molar-refractivity contribution >= 4 is 5.91 Å². The van der Waals surface area contributed by atoms with Crippen molar-refractivity contribution in [1.82, 2.24) is 4.90 Å². The van der Waals surface area contributed by atoms with Crippen LogP contribution in [0.1, 0.15) is 60.8 Å². The lowest BCUT2D eigenvalue weighted by Gasteiger charge is -2.37. The van der Waals surface area contributed by atoms with Crippen LogP contribution in [0.15, 0.2) is 0 Å². The van der Waals surface area contributed by atoms with Gasteiger partial charge in [0.25, 0.3) is 0 Å². The van der Waals surface area contributed by atoms with Gasteiger partial charge < -0.3 is 4.90 Å². The van der Waals surface area contributed by atoms with Crippen LogP contribution in [0.3, 0.4) is 0 Å². The van der Waals surface area contributed by atoms with Gasteiger partial charge in [-0.05, 0) is 30.6 Å². The third kappa shape index (κ3) is 4.69. The van der Waals surface area contributed by atoms with E-state index in [1.165, 1.54) is 19.3 Å². The predicted molar refractivity (Wildman–Crippen MR) is 72.8 cm³/mol. The fraction of sp³-hybridized carbons (Fsp3) is 0.933. The number of rotatable bonds is 1. The molecule has 0 aromatic heterocycles. The van der Waals surface area contributed by atoms with E-state index in [1.54, 1.807) is 0 Å². The molecule has 0 radical (unpaired) electrons. The second-order valence-corrected chi connectivity index (χ2v) is 7.75. The van der Waals surface area contributed by atoms with E-state index in [2.05, 4.69) is 25.7 Å². The van der Waals surface area contributed by atoms with Crippen molar-refractivity contribution in [2.75, 3.05) is 13.1 Å². The van der Waals surface area contributed by atoms with E-state index in [9.17, 15) is 4.79 Å². The van der Waals surface area contributed by atoms with Gasteiger partial charge in [-0.3, -0.25) is 4.79 Å².